The summed E-state index contributed by atoms with van der Waals surface area (Å²) in [5.41, 5.74) is 0.108. The van der Waals surface area contributed by atoms with E-state index in [1.807, 2.05) is 0 Å². The maximum absolute atomic E-state index is 11.6. The third kappa shape index (κ3) is 5.04. The van der Waals surface area contributed by atoms with E-state index >= 15 is 0 Å². The van der Waals surface area contributed by atoms with Gasteiger partial charge >= 0.3 is 0 Å². The number of ether oxygens (including phenoxy) is 1. The Hall–Kier alpha value is -0.610. The lowest BCUT2D eigenvalue weighted by atomic mass is 9.85. The van der Waals surface area contributed by atoms with Crippen molar-refractivity contribution in [2.24, 2.45) is 11.3 Å². The van der Waals surface area contributed by atoms with Crippen LogP contribution >= 0.6 is 0 Å². The van der Waals surface area contributed by atoms with Gasteiger partial charge in [0.15, 0.2) is 0 Å². The van der Waals surface area contributed by atoms with E-state index in [4.69, 9.17) is 4.74 Å². The predicted molar refractivity (Wildman–Crippen MR) is 68.9 cm³/mol. The third-order valence-corrected chi connectivity index (χ3v) is 2.96. The summed E-state index contributed by atoms with van der Waals surface area (Å²) in [5.74, 6) is 0.563. The van der Waals surface area contributed by atoms with E-state index in [-0.39, 0.29) is 11.3 Å². The third-order valence-electron chi connectivity index (χ3n) is 2.96. The zero-order valence-electron chi connectivity index (χ0n) is 11.5. The lowest BCUT2D eigenvalue weighted by molar-refractivity contribution is -0.129. The van der Waals surface area contributed by atoms with Gasteiger partial charge in [-0.2, -0.15) is 0 Å². The second-order valence-corrected chi connectivity index (χ2v) is 5.90. The van der Waals surface area contributed by atoms with Crippen LogP contribution in [0.1, 0.15) is 34.1 Å². The van der Waals surface area contributed by atoms with Crippen molar-refractivity contribution in [3.63, 3.8) is 0 Å². The zero-order chi connectivity index (χ0) is 12.9. The van der Waals surface area contributed by atoms with Crippen LogP contribution in [0.15, 0.2) is 0 Å². The molecule has 0 atom stereocenters. The maximum Gasteiger partial charge on any atom is 0.220 e. The molecule has 1 fully saturated rings. The van der Waals surface area contributed by atoms with Crippen molar-refractivity contribution in [2.45, 2.75) is 40.2 Å². The molecule has 0 aromatic rings. The average molecular weight is 242 g/mol. The second-order valence-electron chi connectivity index (χ2n) is 5.90. The summed E-state index contributed by atoms with van der Waals surface area (Å²) in [5, 5.41) is 6.44. The van der Waals surface area contributed by atoms with Gasteiger partial charge < -0.3 is 15.4 Å². The minimum Gasteiger partial charge on any atom is -0.380 e. The van der Waals surface area contributed by atoms with Gasteiger partial charge in [0.2, 0.25) is 5.91 Å². The Morgan fingerprint density at radius 3 is 2.29 bits per heavy atom. The fourth-order valence-electron chi connectivity index (χ4n) is 1.81. The number of amides is 1. The molecule has 0 unspecified atom stereocenters. The largest absolute Gasteiger partial charge is 0.380 e. The Balaban J connectivity index is 2.29. The minimum absolute atomic E-state index is 0.108. The summed E-state index contributed by atoms with van der Waals surface area (Å²) in [6, 6.07) is 0.471. The number of carbonyl (C=O) groups is 1. The molecule has 4 nitrogen and oxygen atoms in total. The highest BCUT2D eigenvalue weighted by Gasteiger charge is 2.38. The van der Waals surface area contributed by atoms with Gasteiger partial charge in [0, 0.05) is 31.0 Å². The first-order valence-corrected chi connectivity index (χ1v) is 6.51. The number of rotatable bonds is 7. The van der Waals surface area contributed by atoms with Crippen molar-refractivity contribution in [1.29, 1.82) is 0 Å². The van der Waals surface area contributed by atoms with Crippen molar-refractivity contribution >= 4 is 5.91 Å². The van der Waals surface area contributed by atoms with Crippen LogP contribution in [0.5, 0.6) is 0 Å². The number of carbonyl (C=O) groups excluding carboxylic acids is 1. The van der Waals surface area contributed by atoms with E-state index in [1.165, 1.54) is 0 Å². The highest BCUT2D eigenvalue weighted by Crippen LogP contribution is 2.25. The first-order valence-electron chi connectivity index (χ1n) is 6.51. The van der Waals surface area contributed by atoms with Gasteiger partial charge in [0.05, 0.1) is 13.2 Å². The summed E-state index contributed by atoms with van der Waals surface area (Å²) in [6.07, 6.45) is 0.606. The Labute approximate surface area is 104 Å². The Morgan fingerprint density at radius 2 is 1.88 bits per heavy atom. The van der Waals surface area contributed by atoms with Gasteiger partial charge in [-0.15, -0.1) is 0 Å². The van der Waals surface area contributed by atoms with E-state index in [1.54, 1.807) is 0 Å². The average Bonchev–Trinajstić information content (AvgIpc) is 2.14. The highest BCUT2D eigenvalue weighted by atomic mass is 16.5. The summed E-state index contributed by atoms with van der Waals surface area (Å²) >= 11 is 0. The molecule has 0 spiro atoms. The molecule has 0 bridgehead atoms. The van der Waals surface area contributed by atoms with E-state index in [0.717, 1.165) is 26.3 Å². The van der Waals surface area contributed by atoms with Gasteiger partial charge in [-0.1, -0.05) is 27.7 Å². The van der Waals surface area contributed by atoms with Crippen molar-refractivity contribution in [2.75, 3.05) is 26.3 Å². The van der Waals surface area contributed by atoms with Gasteiger partial charge in [-0.25, -0.2) is 0 Å². The SMILES string of the molecule is CC(C)CC(=O)NCC1(CNC(C)C)COC1. The Kier molecular flexibility index (Phi) is 5.40. The van der Waals surface area contributed by atoms with Crippen LogP contribution in [0.25, 0.3) is 0 Å². The number of hydrogen-bond donors (Lipinski definition) is 2. The second kappa shape index (κ2) is 6.36. The molecular formula is C13H26N2O2. The molecule has 2 N–H and O–H groups in total. The lowest BCUT2D eigenvalue weighted by Crippen LogP contribution is -2.56. The van der Waals surface area contributed by atoms with Crippen molar-refractivity contribution in [3.05, 3.63) is 0 Å². The standard InChI is InChI=1S/C13H26N2O2/c1-10(2)5-12(16)15-7-13(8-17-9-13)6-14-11(3)4/h10-11,14H,5-9H2,1-4H3,(H,15,16). The van der Waals surface area contributed by atoms with E-state index < -0.39 is 0 Å². The Bertz CT molecular complexity index is 248. The van der Waals surface area contributed by atoms with Gasteiger partial charge in [-0.3, -0.25) is 4.79 Å². The normalized spacial score (nSPS) is 18.2. The first kappa shape index (κ1) is 14.5. The molecular weight excluding hydrogens is 216 g/mol. The van der Waals surface area contributed by atoms with Crippen LogP contribution < -0.4 is 10.6 Å². The number of nitrogens with one attached hydrogen (secondary N) is 2. The highest BCUT2D eigenvalue weighted by molar-refractivity contribution is 5.76. The molecule has 1 aliphatic heterocycles. The van der Waals surface area contributed by atoms with Crippen LogP contribution in [0, 0.1) is 11.3 Å². The summed E-state index contributed by atoms with van der Waals surface area (Å²) in [7, 11) is 0. The number of hydrogen-bond acceptors (Lipinski definition) is 3. The minimum atomic E-state index is 0.108. The molecule has 0 aromatic carbocycles. The lowest BCUT2D eigenvalue weighted by Gasteiger charge is -2.42. The molecule has 1 heterocycles. The summed E-state index contributed by atoms with van der Waals surface area (Å²) in [6.45, 7) is 11.5. The van der Waals surface area contributed by atoms with E-state index in [0.29, 0.717) is 18.4 Å². The zero-order valence-corrected chi connectivity index (χ0v) is 11.5. The molecule has 0 aromatic heterocycles. The van der Waals surface area contributed by atoms with Gasteiger partial charge in [-0.05, 0) is 5.92 Å². The molecule has 1 saturated heterocycles. The molecule has 4 heteroatoms. The van der Waals surface area contributed by atoms with Crippen LogP contribution in [0.2, 0.25) is 0 Å². The van der Waals surface area contributed by atoms with Gasteiger partial charge in [0.25, 0.3) is 0 Å². The predicted octanol–water partition coefficient (Wildman–Crippen LogP) is 1.16. The molecule has 0 saturated carbocycles. The smallest absolute Gasteiger partial charge is 0.220 e. The molecule has 1 rings (SSSR count). The van der Waals surface area contributed by atoms with Crippen molar-refractivity contribution in [3.8, 4) is 0 Å². The molecule has 0 aliphatic carbocycles. The van der Waals surface area contributed by atoms with Gasteiger partial charge in [0.1, 0.15) is 0 Å². The fourth-order valence-corrected chi connectivity index (χ4v) is 1.81. The molecule has 1 amide bonds. The van der Waals surface area contributed by atoms with E-state index in [2.05, 4.69) is 38.3 Å². The molecule has 17 heavy (non-hydrogen) atoms. The monoisotopic (exact) mass is 242 g/mol. The molecule has 100 valence electrons. The topological polar surface area (TPSA) is 50.4 Å². The van der Waals surface area contributed by atoms with Crippen LogP contribution in [-0.2, 0) is 9.53 Å². The first-order chi connectivity index (χ1) is 7.93. The molecule has 1 aliphatic rings. The summed E-state index contributed by atoms with van der Waals surface area (Å²) in [4.78, 5) is 11.6. The van der Waals surface area contributed by atoms with Crippen molar-refractivity contribution < 1.29 is 9.53 Å². The van der Waals surface area contributed by atoms with Crippen LogP contribution in [0.3, 0.4) is 0 Å². The Morgan fingerprint density at radius 1 is 1.24 bits per heavy atom. The quantitative estimate of drug-likeness (QED) is 0.704. The summed E-state index contributed by atoms with van der Waals surface area (Å²) < 4.78 is 5.29. The molecule has 0 radical (unpaired) electrons. The van der Waals surface area contributed by atoms with Crippen LogP contribution in [0.4, 0.5) is 0 Å². The van der Waals surface area contributed by atoms with E-state index in [9.17, 15) is 4.79 Å². The fraction of sp³-hybridized carbons (Fsp3) is 0.923. The van der Waals surface area contributed by atoms with Crippen LogP contribution in [-0.4, -0.2) is 38.3 Å². The maximum atomic E-state index is 11.6. The van der Waals surface area contributed by atoms with Crippen molar-refractivity contribution in [1.82, 2.24) is 10.6 Å².